The number of amides is 2. The smallest absolute Gasteiger partial charge is 0.331 e. The molecule has 2 unspecified atom stereocenters. The number of carbonyl (C=O) groups is 3. The third-order valence-corrected chi connectivity index (χ3v) is 4.16. The molecule has 2 atom stereocenters. The predicted molar refractivity (Wildman–Crippen MR) is 90.6 cm³/mol. The molecule has 1 fully saturated rings. The highest BCUT2D eigenvalue weighted by Gasteiger charge is 2.44. The Morgan fingerprint density at radius 3 is 2.24 bits per heavy atom. The van der Waals surface area contributed by atoms with Gasteiger partial charge in [-0.05, 0) is 11.1 Å². The standard InChI is InChI=1S/C19H18N2O4/c22-16(11-13-7-3-1-4-8-13)20-15-12-21(18(15)23)17(19(24)25)14-9-5-2-6-10-14/h1-10,15,17H,11-12H2,(H,20,22)(H,24,25). The first kappa shape index (κ1) is 16.7. The monoisotopic (exact) mass is 338 g/mol. The van der Waals surface area contributed by atoms with E-state index in [1.807, 2.05) is 30.3 Å². The molecule has 2 amide bonds. The van der Waals surface area contributed by atoms with Gasteiger partial charge in [0.2, 0.25) is 11.8 Å². The zero-order valence-corrected chi connectivity index (χ0v) is 13.5. The molecule has 1 heterocycles. The minimum atomic E-state index is -1.09. The van der Waals surface area contributed by atoms with Gasteiger partial charge in [0.05, 0.1) is 13.0 Å². The lowest BCUT2D eigenvalue weighted by Crippen LogP contribution is -2.65. The maximum Gasteiger partial charge on any atom is 0.331 e. The number of benzene rings is 2. The zero-order chi connectivity index (χ0) is 17.8. The van der Waals surface area contributed by atoms with Crippen LogP contribution in [0.5, 0.6) is 0 Å². The summed E-state index contributed by atoms with van der Waals surface area (Å²) in [5.74, 6) is -1.72. The second-order valence-electron chi connectivity index (χ2n) is 5.92. The van der Waals surface area contributed by atoms with Gasteiger partial charge in [-0.3, -0.25) is 9.59 Å². The van der Waals surface area contributed by atoms with Crippen LogP contribution < -0.4 is 5.32 Å². The summed E-state index contributed by atoms with van der Waals surface area (Å²) in [6.07, 6.45) is 0.186. The summed E-state index contributed by atoms with van der Waals surface area (Å²) in [7, 11) is 0. The van der Waals surface area contributed by atoms with Gasteiger partial charge in [0.1, 0.15) is 6.04 Å². The molecule has 1 aliphatic rings. The van der Waals surface area contributed by atoms with Crippen molar-refractivity contribution in [2.24, 2.45) is 0 Å². The number of β-lactam (4-membered cyclic amide) rings is 1. The molecule has 1 saturated heterocycles. The average molecular weight is 338 g/mol. The van der Waals surface area contributed by atoms with Gasteiger partial charge >= 0.3 is 5.97 Å². The van der Waals surface area contributed by atoms with Crippen LogP contribution in [0.1, 0.15) is 17.2 Å². The third-order valence-electron chi connectivity index (χ3n) is 4.16. The van der Waals surface area contributed by atoms with E-state index in [1.54, 1.807) is 30.3 Å². The number of carboxylic acids is 1. The fourth-order valence-corrected chi connectivity index (χ4v) is 2.91. The molecular formula is C19H18N2O4. The van der Waals surface area contributed by atoms with E-state index >= 15 is 0 Å². The van der Waals surface area contributed by atoms with Gasteiger partial charge in [0.15, 0.2) is 6.04 Å². The fourth-order valence-electron chi connectivity index (χ4n) is 2.91. The second kappa shape index (κ2) is 7.17. The van der Waals surface area contributed by atoms with Crippen LogP contribution in [-0.4, -0.2) is 40.4 Å². The molecule has 0 bridgehead atoms. The maximum atomic E-state index is 12.3. The number of carbonyl (C=O) groups excluding carboxylic acids is 2. The number of likely N-dealkylation sites (tertiary alicyclic amines) is 1. The first-order valence-corrected chi connectivity index (χ1v) is 7.98. The van der Waals surface area contributed by atoms with Crippen molar-refractivity contribution in [1.29, 1.82) is 0 Å². The molecule has 6 nitrogen and oxygen atoms in total. The van der Waals surface area contributed by atoms with Crippen molar-refractivity contribution < 1.29 is 19.5 Å². The van der Waals surface area contributed by atoms with Crippen LogP contribution >= 0.6 is 0 Å². The number of rotatable bonds is 6. The van der Waals surface area contributed by atoms with Gasteiger partial charge in [-0.25, -0.2) is 4.79 Å². The van der Waals surface area contributed by atoms with E-state index in [0.717, 1.165) is 5.56 Å². The zero-order valence-electron chi connectivity index (χ0n) is 13.5. The SMILES string of the molecule is O=C(Cc1ccccc1)NC1CN(C(C(=O)O)c2ccccc2)C1=O. The Balaban J connectivity index is 1.61. The highest BCUT2D eigenvalue weighted by atomic mass is 16.4. The Labute approximate surface area is 145 Å². The van der Waals surface area contributed by atoms with Crippen molar-refractivity contribution in [3.05, 3.63) is 71.8 Å². The minimum absolute atomic E-state index is 0.186. The molecular weight excluding hydrogens is 320 g/mol. The molecule has 6 heteroatoms. The van der Waals surface area contributed by atoms with E-state index in [1.165, 1.54) is 4.90 Å². The topological polar surface area (TPSA) is 86.7 Å². The van der Waals surface area contributed by atoms with Gasteiger partial charge in [-0.2, -0.15) is 0 Å². The first-order valence-electron chi connectivity index (χ1n) is 7.98. The second-order valence-corrected chi connectivity index (χ2v) is 5.92. The molecule has 3 rings (SSSR count). The van der Waals surface area contributed by atoms with Crippen molar-refractivity contribution in [2.45, 2.75) is 18.5 Å². The van der Waals surface area contributed by atoms with Crippen LogP contribution in [0.25, 0.3) is 0 Å². The molecule has 0 aromatic heterocycles. The summed E-state index contributed by atoms with van der Waals surface area (Å²) in [6.45, 7) is 0.186. The summed E-state index contributed by atoms with van der Waals surface area (Å²) in [6, 6.07) is 16.1. The summed E-state index contributed by atoms with van der Waals surface area (Å²) >= 11 is 0. The summed E-state index contributed by atoms with van der Waals surface area (Å²) in [4.78, 5) is 37.2. The molecule has 0 radical (unpaired) electrons. The largest absolute Gasteiger partial charge is 0.479 e. The molecule has 2 aromatic carbocycles. The van der Waals surface area contributed by atoms with Crippen molar-refractivity contribution >= 4 is 17.8 Å². The van der Waals surface area contributed by atoms with E-state index in [4.69, 9.17) is 0 Å². The summed E-state index contributed by atoms with van der Waals surface area (Å²) in [5, 5.41) is 12.1. The van der Waals surface area contributed by atoms with Gasteiger partial charge in [-0.1, -0.05) is 60.7 Å². The lowest BCUT2D eigenvalue weighted by Gasteiger charge is -2.42. The Bertz CT molecular complexity index is 777. The van der Waals surface area contributed by atoms with Crippen molar-refractivity contribution in [3.63, 3.8) is 0 Å². The number of hydrogen-bond donors (Lipinski definition) is 2. The lowest BCUT2D eigenvalue weighted by atomic mass is 9.98. The van der Waals surface area contributed by atoms with Crippen LogP contribution in [-0.2, 0) is 20.8 Å². The normalized spacial score (nSPS) is 17.5. The van der Waals surface area contributed by atoms with E-state index in [0.29, 0.717) is 5.56 Å². The van der Waals surface area contributed by atoms with Gasteiger partial charge in [0.25, 0.3) is 0 Å². The fraction of sp³-hybridized carbons (Fsp3) is 0.211. The predicted octanol–water partition coefficient (Wildman–Crippen LogP) is 1.38. The van der Waals surface area contributed by atoms with Crippen LogP contribution in [0.3, 0.4) is 0 Å². The molecule has 1 aliphatic heterocycles. The Morgan fingerprint density at radius 1 is 1.08 bits per heavy atom. The number of hydrogen-bond acceptors (Lipinski definition) is 3. The van der Waals surface area contributed by atoms with Crippen molar-refractivity contribution in [2.75, 3.05) is 6.54 Å². The van der Waals surface area contributed by atoms with Crippen LogP contribution in [0.2, 0.25) is 0 Å². The van der Waals surface area contributed by atoms with Crippen LogP contribution in [0.4, 0.5) is 0 Å². The van der Waals surface area contributed by atoms with E-state index < -0.39 is 18.1 Å². The van der Waals surface area contributed by atoms with Crippen LogP contribution in [0, 0.1) is 0 Å². The molecule has 25 heavy (non-hydrogen) atoms. The lowest BCUT2D eigenvalue weighted by molar-refractivity contribution is -0.160. The van der Waals surface area contributed by atoms with Crippen molar-refractivity contribution in [3.8, 4) is 0 Å². The Morgan fingerprint density at radius 2 is 1.68 bits per heavy atom. The number of nitrogens with one attached hydrogen (secondary N) is 1. The number of aliphatic carboxylic acids is 1. The van der Waals surface area contributed by atoms with E-state index in [9.17, 15) is 19.5 Å². The average Bonchev–Trinajstić information content (AvgIpc) is 2.62. The molecule has 2 aromatic rings. The number of carboxylic acid groups (broad SMARTS) is 1. The molecule has 0 saturated carbocycles. The summed E-state index contributed by atoms with van der Waals surface area (Å²) in [5.41, 5.74) is 1.40. The highest BCUT2D eigenvalue weighted by Crippen LogP contribution is 2.27. The molecule has 128 valence electrons. The minimum Gasteiger partial charge on any atom is -0.479 e. The van der Waals surface area contributed by atoms with Gasteiger partial charge in [0, 0.05) is 0 Å². The quantitative estimate of drug-likeness (QED) is 0.779. The van der Waals surface area contributed by atoms with Gasteiger partial charge in [-0.15, -0.1) is 0 Å². The number of nitrogens with zero attached hydrogens (tertiary/aromatic N) is 1. The maximum absolute atomic E-state index is 12.3. The Hall–Kier alpha value is -3.15. The van der Waals surface area contributed by atoms with Crippen LogP contribution in [0.15, 0.2) is 60.7 Å². The highest BCUT2D eigenvalue weighted by molar-refractivity contribution is 5.95. The first-order chi connectivity index (χ1) is 12.1. The summed E-state index contributed by atoms with van der Waals surface area (Å²) < 4.78 is 0. The third kappa shape index (κ3) is 3.68. The molecule has 0 spiro atoms. The van der Waals surface area contributed by atoms with E-state index in [2.05, 4.69) is 5.32 Å². The van der Waals surface area contributed by atoms with Crippen molar-refractivity contribution in [1.82, 2.24) is 10.2 Å². The van der Waals surface area contributed by atoms with E-state index in [-0.39, 0.29) is 24.8 Å². The van der Waals surface area contributed by atoms with Gasteiger partial charge < -0.3 is 15.3 Å². The molecule has 2 N–H and O–H groups in total. The molecule has 0 aliphatic carbocycles. The Kier molecular flexibility index (Phi) is 4.79.